The van der Waals surface area contributed by atoms with E-state index in [1.165, 1.54) is 7.11 Å². The van der Waals surface area contributed by atoms with Gasteiger partial charge >= 0.3 is 0 Å². The van der Waals surface area contributed by atoms with Gasteiger partial charge in [0.1, 0.15) is 18.5 Å². The van der Waals surface area contributed by atoms with Gasteiger partial charge in [-0.1, -0.05) is 56.0 Å². The van der Waals surface area contributed by atoms with Crippen LogP contribution in [0.5, 0.6) is 11.5 Å². The molecule has 0 saturated heterocycles. The highest BCUT2D eigenvalue weighted by Crippen LogP contribution is 2.51. The third-order valence-corrected chi connectivity index (χ3v) is 8.44. The molecule has 3 N–H and O–H groups in total. The number of carbonyl (C=O) groups is 3. The van der Waals surface area contributed by atoms with Crippen LogP contribution in [0, 0.1) is 0 Å². The number of hydrogen-bond donors (Lipinski definition) is 3. The maximum atomic E-state index is 14.1. The molecule has 0 radical (unpaired) electrons. The summed E-state index contributed by atoms with van der Waals surface area (Å²) in [5.41, 5.74) is 2.12. The zero-order valence-corrected chi connectivity index (χ0v) is 23.3. The van der Waals surface area contributed by atoms with E-state index in [0.717, 1.165) is 44.1 Å². The Bertz CT molecular complexity index is 1290. The summed E-state index contributed by atoms with van der Waals surface area (Å²) < 4.78 is 11.8. The molecule has 1 saturated carbocycles. The lowest BCUT2D eigenvalue weighted by atomic mass is 9.76. The SMILES string of the molecule is COc1cc(C=O)cc2c1O[C@@H]1[C@@H](O)[C@H](N(C(=O)Cc3ccccc3)C3CCCCCC3)C=C(C(=O)NCCO)[C@H]21. The van der Waals surface area contributed by atoms with Crippen LogP contribution in [-0.4, -0.2) is 77.8 Å². The third kappa shape index (κ3) is 5.87. The molecule has 1 fully saturated rings. The molecular formula is C32H38N2O7. The fourth-order valence-electron chi connectivity index (χ4n) is 6.54. The summed E-state index contributed by atoms with van der Waals surface area (Å²) in [5.74, 6) is -0.532. The minimum atomic E-state index is -1.14. The van der Waals surface area contributed by atoms with E-state index in [1.807, 2.05) is 30.3 Å². The molecule has 5 rings (SSSR count). The number of nitrogens with zero attached hydrogens (tertiary/aromatic N) is 1. The fourth-order valence-corrected chi connectivity index (χ4v) is 6.54. The van der Waals surface area contributed by atoms with Crippen LogP contribution in [0.15, 0.2) is 54.1 Å². The zero-order chi connectivity index (χ0) is 28.9. The van der Waals surface area contributed by atoms with Gasteiger partial charge in [0.15, 0.2) is 11.5 Å². The Kier molecular flexibility index (Phi) is 9.05. The molecule has 9 nitrogen and oxygen atoms in total. The van der Waals surface area contributed by atoms with Crippen molar-refractivity contribution in [2.75, 3.05) is 20.3 Å². The lowest BCUT2D eigenvalue weighted by Crippen LogP contribution is -2.58. The Balaban J connectivity index is 1.59. The highest BCUT2D eigenvalue weighted by atomic mass is 16.5. The highest BCUT2D eigenvalue weighted by molar-refractivity contribution is 5.96. The number of aliphatic hydroxyl groups is 2. The lowest BCUT2D eigenvalue weighted by molar-refractivity contribution is -0.140. The fraction of sp³-hybridized carbons (Fsp3) is 0.469. The first-order chi connectivity index (χ1) is 20.0. The summed E-state index contributed by atoms with van der Waals surface area (Å²) in [4.78, 5) is 41.1. The molecule has 41 heavy (non-hydrogen) atoms. The molecule has 2 aromatic rings. The largest absolute Gasteiger partial charge is 0.493 e. The Labute approximate surface area is 240 Å². The van der Waals surface area contributed by atoms with Crippen LogP contribution >= 0.6 is 0 Å². The van der Waals surface area contributed by atoms with Crippen molar-refractivity contribution in [2.45, 2.75) is 75.2 Å². The van der Waals surface area contributed by atoms with E-state index < -0.39 is 30.1 Å². The van der Waals surface area contributed by atoms with Gasteiger partial charge in [-0.15, -0.1) is 0 Å². The summed E-state index contributed by atoms with van der Waals surface area (Å²) in [7, 11) is 1.47. The Morgan fingerprint density at radius 1 is 1.12 bits per heavy atom. The molecule has 218 valence electrons. The summed E-state index contributed by atoms with van der Waals surface area (Å²) in [6.45, 7) is -0.190. The number of aldehydes is 1. The summed E-state index contributed by atoms with van der Waals surface area (Å²) in [5, 5.41) is 24.0. The van der Waals surface area contributed by atoms with E-state index in [9.17, 15) is 24.6 Å². The second kappa shape index (κ2) is 12.9. The summed E-state index contributed by atoms with van der Waals surface area (Å²) >= 11 is 0. The van der Waals surface area contributed by atoms with Crippen molar-refractivity contribution < 1.29 is 34.1 Å². The molecule has 4 atom stereocenters. The van der Waals surface area contributed by atoms with Crippen molar-refractivity contribution in [3.05, 3.63) is 70.8 Å². The first kappa shape index (κ1) is 28.8. The third-order valence-electron chi connectivity index (χ3n) is 8.44. The van der Waals surface area contributed by atoms with Crippen LogP contribution in [0.25, 0.3) is 0 Å². The first-order valence-corrected chi connectivity index (χ1v) is 14.4. The van der Waals surface area contributed by atoms with Gasteiger partial charge in [-0.3, -0.25) is 14.4 Å². The molecule has 9 heteroatoms. The monoisotopic (exact) mass is 562 g/mol. The van der Waals surface area contributed by atoms with Crippen LogP contribution in [0.1, 0.15) is 65.9 Å². The average molecular weight is 563 g/mol. The molecule has 0 spiro atoms. The minimum absolute atomic E-state index is 0.0471. The van der Waals surface area contributed by atoms with E-state index in [0.29, 0.717) is 34.5 Å². The number of nitrogens with one attached hydrogen (secondary N) is 1. The van der Waals surface area contributed by atoms with Crippen molar-refractivity contribution in [2.24, 2.45) is 0 Å². The molecule has 1 heterocycles. The molecule has 2 aliphatic carbocycles. The van der Waals surface area contributed by atoms with E-state index >= 15 is 0 Å². The number of aliphatic hydroxyl groups excluding tert-OH is 2. The Morgan fingerprint density at radius 2 is 1.85 bits per heavy atom. The molecule has 3 aliphatic rings. The second-order valence-corrected chi connectivity index (χ2v) is 11.0. The van der Waals surface area contributed by atoms with Gasteiger partial charge in [0, 0.05) is 29.3 Å². The highest BCUT2D eigenvalue weighted by Gasteiger charge is 2.52. The van der Waals surface area contributed by atoms with Gasteiger partial charge in [-0.05, 0) is 36.6 Å². The molecule has 2 amide bonds. The normalized spacial score (nSPS) is 23.7. The van der Waals surface area contributed by atoms with E-state index in [4.69, 9.17) is 9.47 Å². The topological polar surface area (TPSA) is 125 Å². The number of rotatable bonds is 9. The van der Waals surface area contributed by atoms with Gasteiger partial charge < -0.3 is 29.9 Å². The van der Waals surface area contributed by atoms with Gasteiger partial charge in [0.2, 0.25) is 11.8 Å². The van der Waals surface area contributed by atoms with Crippen LogP contribution in [-0.2, 0) is 16.0 Å². The quantitative estimate of drug-likeness (QED) is 0.317. The number of carbonyl (C=O) groups excluding carboxylic acids is 3. The Hall–Kier alpha value is -3.69. The van der Waals surface area contributed by atoms with Gasteiger partial charge in [-0.2, -0.15) is 0 Å². The maximum Gasteiger partial charge on any atom is 0.247 e. The van der Waals surface area contributed by atoms with Crippen LogP contribution in [0.4, 0.5) is 0 Å². The second-order valence-electron chi connectivity index (χ2n) is 11.0. The number of methoxy groups -OCH3 is 1. The molecule has 1 aliphatic heterocycles. The number of ether oxygens (including phenoxy) is 2. The maximum absolute atomic E-state index is 14.1. The van der Waals surface area contributed by atoms with Gasteiger partial charge in [-0.25, -0.2) is 0 Å². The number of hydrogen-bond acceptors (Lipinski definition) is 7. The van der Waals surface area contributed by atoms with Crippen molar-refractivity contribution in [3.63, 3.8) is 0 Å². The summed E-state index contributed by atoms with van der Waals surface area (Å²) in [6.07, 6.45) is 6.32. The summed E-state index contributed by atoms with van der Waals surface area (Å²) in [6, 6.07) is 11.8. The predicted molar refractivity (Wildman–Crippen MR) is 152 cm³/mol. The number of fused-ring (bicyclic) bond motifs is 3. The number of amides is 2. The van der Waals surface area contributed by atoms with Gasteiger partial charge in [0.05, 0.1) is 32.1 Å². The van der Waals surface area contributed by atoms with Crippen LogP contribution in [0.3, 0.4) is 0 Å². The molecule has 0 unspecified atom stereocenters. The zero-order valence-electron chi connectivity index (χ0n) is 23.3. The lowest BCUT2D eigenvalue weighted by Gasteiger charge is -2.44. The van der Waals surface area contributed by atoms with E-state index in [2.05, 4.69) is 5.32 Å². The molecule has 0 bridgehead atoms. The van der Waals surface area contributed by atoms with E-state index in [-0.39, 0.29) is 31.5 Å². The standard InChI is InChI=1S/C32H38N2O7/c1-40-26-16-21(19-36)15-23-28-24(32(39)33-13-14-35)18-25(29(38)31(28)41-30(23)26)34(22-11-7-2-3-8-12-22)27(37)17-20-9-5-4-6-10-20/h4-6,9-10,15-16,18-19,22,25,28-29,31,35,38H,2-3,7-8,11-14,17H2,1H3,(H,33,39)/t25-,28+,29+,31+/m1/s1. The van der Waals surface area contributed by atoms with Crippen molar-refractivity contribution in [1.82, 2.24) is 10.2 Å². The van der Waals surface area contributed by atoms with Crippen LogP contribution < -0.4 is 14.8 Å². The number of benzene rings is 2. The van der Waals surface area contributed by atoms with Crippen molar-refractivity contribution >= 4 is 18.1 Å². The van der Waals surface area contributed by atoms with Gasteiger partial charge in [0.25, 0.3) is 0 Å². The first-order valence-electron chi connectivity index (χ1n) is 14.4. The molecule has 2 aromatic carbocycles. The smallest absolute Gasteiger partial charge is 0.247 e. The Morgan fingerprint density at radius 3 is 2.51 bits per heavy atom. The predicted octanol–water partition coefficient (Wildman–Crippen LogP) is 2.92. The minimum Gasteiger partial charge on any atom is -0.493 e. The average Bonchev–Trinajstić information content (AvgIpc) is 3.17. The van der Waals surface area contributed by atoms with Crippen molar-refractivity contribution in [3.8, 4) is 11.5 Å². The molecular weight excluding hydrogens is 524 g/mol. The molecule has 0 aromatic heterocycles. The van der Waals surface area contributed by atoms with E-state index in [1.54, 1.807) is 23.1 Å². The van der Waals surface area contributed by atoms with Crippen molar-refractivity contribution in [1.29, 1.82) is 0 Å². The van der Waals surface area contributed by atoms with Crippen LogP contribution in [0.2, 0.25) is 0 Å².